The number of oxazole rings is 1. The lowest BCUT2D eigenvalue weighted by Crippen LogP contribution is -2.46. The van der Waals surface area contributed by atoms with Crippen LogP contribution in [0.25, 0.3) is 11.1 Å². The van der Waals surface area contributed by atoms with Gasteiger partial charge in [0.25, 0.3) is 0 Å². The first-order valence-electron chi connectivity index (χ1n) is 8.79. The second-order valence-electron chi connectivity index (χ2n) is 6.63. The fourth-order valence-electron chi connectivity index (χ4n) is 3.55. The van der Waals surface area contributed by atoms with E-state index in [9.17, 15) is 4.79 Å². The number of hydrogen-bond donors (Lipinski definition) is 1. The number of carbonyl (C=O) groups excluding carboxylic acids is 1. The normalized spacial score (nSPS) is 24.4. The SMILES string of the molecule is O=C(NC[C@@H]1CCCO1)N1CCC[C@H](c2nc3ccccc3o2)C1. The van der Waals surface area contributed by atoms with E-state index < -0.39 is 0 Å². The molecule has 0 bridgehead atoms. The molecule has 0 radical (unpaired) electrons. The van der Waals surface area contributed by atoms with Gasteiger partial charge in [0.1, 0.15) is 5.52 Å². The Morgan fingerprint density at radius 1 is 1.29 bits per heavy atom. The van der Waals surface area contributed by atoms with Gasteiger partial charge < -0.3 is 19.4 Å². The predicted octanol–water partition coefficient (Wildman–Crippen LogP) is 2.90. The third-order valence-electron chi connectivity index (χ3n) is 4.87. The standard InChI is InChI=1S/C18H23N3O3/c22-18(19-11-14-6-4-10-23-14)21-9-3-5-13(12-21)17-20-15-7-1-2-8-16(15)24-17/h1-2,7-8,13-14H,3-6,9-12H2,(H,19,22)/t13-,14-/m0/s1. The number of amides is 2. The van der Waals surface area contributed by atoms with Crippen molar-refractivity contribution in [2.75, 3.05) is 26.2 Å². The minimum absolute atomic E-state index is 0.00805. The fraction of sp³-hybridized carbons (Fsp3) is 0.556. The fourth-order valence-corrected chi connectivity index (χ4v) is 3.55. The van der Waals surface area contributed by atoms with Crippen molar-refractivity contribution in [2.45, 2.75) is 37.7 Å². The average molecular weight is 329 g/mol. The van der Waals surface area contributed by atoms with Gasteiger partial charge in [-0.05, 0) is 37.8 Å². The molecule has 4 rings (SSSR count). The highest BCUT2D eigenvalue weighted by molar-refractivity contribution is 5.74. The molecular weight excluding hydrogens is 306 g/mol. The number of aromatic nitrogens is 1. The van der Waals surface area contributed by atoms with Crippen LogP contribution in [0, 0.1) is 0 Å². The van der Waals surface area contributed by atoms with Crippen LogP contribution in [-0.2, 0) is 4.74 Å². The Balaban J connectivity index is 1.38. The Bertz CT molecular complexity index is 675. The van der Waals surface area contributed by atoms with E-state index in [0.717, 1.165) is 55.8 Å². The molecule has 1 aromatic heterocycles. The summed E-state index contributed by atoms with van der Waals surface area (Å²) < 4.78 is 11.4. The summed E-state index contributed by atoms with van der Waals surface area (Å²) >= 11 is 0. The molecule has 2 saturated heterocycles. The van der Waals surface area contributed by atoms with Crippen LogP contribution in [0.4, 0.5) is 4.79 Å². The quantitative estimate of drug-likeness (QED) is 0.940. The Hall–Kier alpha value is -2.08. The number of urea groups is 1. The summed E-state index contributed by atoms with van der Waals surface area (Å²) in [6, 6.07) is 7.78. The molecule has 0 aliphatic carbocycles. The van der Waals surface area contributed by atoms with E-state index in [4.69, 9.17) is 9.15 Å². The molecule has 2 aliphatic heterocycles. The number of nitrogens with zero attached hydrogens (tertiary/aromatic N) is 2. The maximum absolute atomic E-state index is 12.4. The number of piperidine rings is 1. The van der Waals surface area contributed by atoms with Crippen molar-refractivity contribution in [2.24, 2.45) is 0 Å². The monoisotopic (exact) mass is 329 g/mol. The summed E-state index contributed by atoms with van der Waals surface area (Å²) in [5.74, 6) is 0.910. The zero-order valence-electron chi connectivity index (χ0n) is 13.7. The largest absolute Gasteiger partial charge is 0.440 e. The molecule has 0 spiro atoms. The van der Waals surface area contributed by atoms with Gasteiger partial charge in [-0.2, -0.15) is 0 Å². The highest BCUT2D eigenvalue weighted by Gasteiger charge is 2.28. The van der Waals surface area contributed by atoms with Crippen LogP contribution in [-0.4, -0.2) is 48.3 Å². The molecule has 2 aromatic rings. The van der Waals surface area contributed by atoms with Gasteiger partial charge >= 0.3 is 6.03 Å². The van der Waals surface area contributed by atoms with Crippen LogP contribution in [0.3, 0.4) is 0 Å². The van der Waals surface area contributed by atoms with Gasteiger partial charge in [-0.15, -0.1) is 0 Å². The Morgan fingerprint density at radius 2 is 2.21 bits per heavy atom. The van der Waals surface area contributed by atoms with Crippen molar-refractivity contribution < 1.29 is 13.9 Å². The highest BCUT2D eigenvalue weighted by atomic mass is 16.5. The second-order valence-corrected chi connectivity index (χ2v) is 6.63. The maximum atomic E-state index is 12.4. The number of para-hydroxylation sites is 2. The molecule has 0 saturated carbocycles. The number of likely N-dealkylation sites (tertiary alicyclic amines) is 1. The molecule has 2 fully saturated rings. The average Bonchev–Trinajstić information content (AvgIpc) is 3.29. The van der Waals surface area contributed by atoms with Crippen molar-refractivity contribution in [1.82, 2.24) is 15.2 Å². The summed E-state index contributed by atoms with van der Waals surface area (Å²) in [5, 5.41) is 3.00. The third-order valence-corrected chi connectivity index (χ3v) is 4.87. The molecular formula is C18H23N3O3. The highest BCUT2D eigenvalue weighted by Crippen LogP contribution is 2.29. The van der Waals surface area contributed by atoms with Crippen LogP contribution < -0.4 is 5.32 Å². The van der Waals surface area contributed by atoms with Crippen molar-refractivity contribution in [3.8, 4) is 0 Å². The Kier molecular flexibility index (Phi) is 4.38. The lowest BCUT2D eigenvalue weighted by Gasteiger charge is -2.31. The summed E-state index contributed by atoms with van der Waals surface area (Å²) in [6.45, 7) is 2.85. The molecule has 6 nitrogen and oxygen atoms in total. The van der Waals surface area contributed by atoms with E-state index in [1.54, 1.807) is 0 Å². The van der Waals surface area contributed by atoms with Gasteiger partial charge in [-0.1, -0.05) is 12.1 Å². The maximum Gasteiger partial charge on any atom is 0.317 e. The number of fused-ring (bicyclic) bond motifs is 1. The molecule has 2 aliphatic rings. The van der Waals surface area contributed by atoms with Crippen LogP contribution in [0.15, 0.2) is 28.7 Å². The van der Waals surface area contributed by atoms with Gasteiger partial charge in [0, 0.05) is 26.2 Å². The number of hydrogen-bond acceptors (Lipinski definition) is 4. The molecule has 1 aromatic carbocycles. The van der Waals surface area contributed by atoms with Crippen molar-refractivity contribution in [3.05, 3.63) is 30.2 Å². The molecule has 3 heterocycles. The van der Waals surface area contributed by atoms with E-state index in [1.165, 1.54) is 0 Å². The van der Waals surface area contributed by atoms with Crippen LogP contribution >= 0.6 is 0 Å². The molecule has 0 unspecified atom stereocenters. The number of benzene rings is 1. The number of rotatable bonds is 3. The minimum atomic E-state index is -0.00805. The van der Waals surface area contributed by atoms with Gasteiger partial charge in [0.2, 0.25) is 0 Å². The third kappa shape index (κ3) is 3.24. The topological polar surface area (TPSA) is 67.6 Å². The molecule has 6 heteroatoms. The lowest BCUT2D eigenvalue weighted by atomic mass is 9.98. The van der Waals surface area contributed by atoms with Gasteiger partial charge in [0.15, 0.2) is 11.5 Å². The zero-order valence-corrected chi connectivity index (χ0v) is 13.7. The van der Waals surface area contributed by atoms with Crippen molar-refractivity contribution >= 4 is 17.1 Å². The molecule has 2 amide bonds. The van der Waals surface area contributed by atoms with Gasteiger partial charge in [-0.25, -0.2) is 9.78 Å². The van der Waals surface area contributed by atoms with Crippen molar-refractivity contribution in [3.63, 3.8) is 0 Å². The van der Waals surface area contributed by atoms with E-state index in [-0.39, 0.29) is 18.1 Å². The van der Waals surface area contributed by atoms with E-state index in [0.29, 0.717) is 13.1 Å². The van der Waals surface area contributed by atoms with Gasteiger partial charge in [-0.3, -0.25) is 0 Å². The molecule has 24 heavy (non-hydrogen) atoms. The smallest absolute Gasteiger partial charge is 0.317 e. The van der Waals surface area contributed by atoms with Crippen molar-refractivity contribution in [1.29, 1.82) is 0 Å². The number of ether oxygens (including phenoxy) is 1. The molecule has 2 atom stereocenters. The zero-order chi connectivity index (χ0) is 16.4. The first kappa shape index (κ1) is 15.4. The summed E-state index contributed by atoms with van der Waals surface area (Å²) in [6.07, 6.45) is 4.26. The molecule has 1 N–H and O–H groups in total. The van der Waals surface area contributed by atoms with Crippen LogP contribution in [0.2, 0.25) is 0 Å². The van der Waals surface area contributed by atoms with E-state index in [1.807, 2.05) is 29.2 Å². The van der Waals surface area contributed by atoms with Crippen LogP contribution in [0.1, 0.15) is 37.5 Å². The first-order valence-corrected chi connectivity index (χ1v) is 8.79. The Morgan fingerprint density at radius 3 is 3.04 bits per heavy atom. The number of nitrogens with one attached hydrogen (secondary N) is 1. The second kappa shape index (κ2) is 6.81. The summed E-state index contributed by atoms with van der Waals surface area (Å²) in [5.41, 5.74) is 1.69. The molecule has 128 valence electrons. The summed E-state index contributed by atoms with van der Waals surface area (Å²) in [7, 11) is 0. The predicted molar refractivity (Wildman–Crippen MR) is 89.9 cm³/mol. The van der Waals surface area contributed by atoms with E-state index >= 15 is 0 Å². The minimum Gasteiger partial charge on any atom is -0.440 e. The first-order chi connectivity index (χ1) is 11.8. The van der Waals surface area contributed by atoms with E-state index in [2.05, 4.69) is 10.3 Å². The number of carbonyl (C=O) groups is 1. The summed E-state index contributed by atoms with van der Waals surface area (Å²) in [4.78, 5) is 18.9. The Labute approximate surface area is 141 Å². The van der Waals surface area contributed by atoms with Gasteiger partial charge in [0.05, 0.1) is 12.0 Å². The lowest BCUT2D eigenvalue weighted by molar-refractivity contribution is 0.107. The van der Waals surface area contributed by atoms with Crippen LogP contribution in [0.5, 0.6) is 0 Å².